The topological polar surface area (TPSA) is 30.0 Å². The zero-order valence-corrected chi connectivity index (χ0v) is 8.43. The number of aldehydes is 1. The second-order valence-corrected chi connectivity index (χ2v) is 3.21. The third-order valence-corrected chi connectivity index (χ3v) is 2.03. The van der Waals surface area contributed by atoms with Gasteiger partial charge in [-0.25, -0.2) is 4.98 Å². The predicted octanol–water partition coefficient (Wildman–Crippen LogP) is 2.91. The van der Waals surface area contributed by atoms with Crippen LogP contribution >= 0.6 is 23.2 Å². The van der Waals surface area contributed by atoms with Crippen LogP contribution in [-0.4, -0.2) is 11.3 Å². The largest absolute Gasteiger partial charge is 0.299 e. The number of hydrogen-bond acceptors (Lipinski definition) is 2. The van der Waals surface area contributed by atoms with Gasteiger partial charge in [-0.05, 0) is 25.1 Å². The molecule has 0 saturated carbocycles. The maximum atomic E-state index is 10.1. The lowest BCUT2D eigenvalue weighted by Gasteiger charge is -2.01. The molecule has 0 aliphatic carbocycles. The second kappa shape index (κ2) is 4.40. The first kappa shape index (κ1) is 10.2. The molecule has 0 aromatic carbocycles. The Labute approximate surface area is 86.2 Å². The number of aromatic nitrogens is 1. The van der Waals surface area contributed by atoms with Crippen LogP contribution in [0.4, 0.5) is 0 Å². The molecule has 0 spiro atoms. The highest BCUT2D eigenvalue weighted by molar-refractivity contribution is 6.36. The van der Waals surface area contributed by atoms with Crippen molar-refractivity contribution >= 4 is 35.6 Å². The van der Waals surface area contributed by atoms with E-state index in [9.17, 15) is 4.79 Å². The Balaban J connectivity index is 3.20. The smallest absolute Gasteiger partial charge is 0.142 e. The lowest BCUT2D eigenvalue weighted by Crippen LogP contribution is -1.87. The van der Waals surface area contributed by atoms with Crippen LogP contribution in [0.5, 0.6) is 0 Å². The Morgan fingerprint density at radius 2 is 2.15 bits per heavy atom. The van der Waals surface area contributed by atoms with Gasteiger partial charge in [0.1, 0.15) is 11.4 Å². The molecule has 0 unspecified atom stereocenters. The van der Waals surface area contributed by atoms with E-state index in [0.29, 0.717) is 22.0 Å². The summed E-state index contributed by atoms with van der Waals surface area (Å²) in [6.07, 6.45) is 3.51. The Morgan fingerprint density at radius 3 is 2.69 bits per heavy atom. The Kier molecular flexibility index (Phi) is 3.46. The van der Waals surface area contributed by atoms with Crippen molar-refractivity contribution in [3.63, 3.8) is 0 Å². The van der Waals surface area contributed by atoms with E-state index in [4.69, 9.17) is 23.2 Å². The van der Waals surface area contributed by atoms with Gasteiger partial charge in [0.25, 0.3) is 0 Å². The molecule has 2 nitrogen and oxygen atoms in total. The third kappa shape index (κ3) is 2.54. The van der Waals surface area contributed by atoms with Gasteiger partial charge >= 0.3 is 0 Å². The number of pyridine rings is 1. The molecule has 0 N–H and O–H groups in total. The summed E-state index contributed by atoms with van der Waals surface area (Å²) in [5, 5.41) is 0.804. The molecular formula is C9H7Cl2NO. The molecule has 0 fully saturated rings. The summed E-state index contributed by atoms with van der Waals surface area (Å²) >= 11 is 11.7. The van der Waals surface area contributed by atoms with E-state index in [1.165, 1.54) is 12.2 Å². The fourth-order valence-corrected chi connectivity index (χ4v) is 1.55. The van der Waals surface area contributed by atoms with Gasteiger partial charge in [0.2, 0.25) is 0 Å². The number of allylic oxidation sites excluding steroid dienone is 1. The van der Waals surface area contributed by atoms with E-state index in [2.05, 4.69) is 4.98 Å². The van der Waals surface area contributed by atoms with Gasteiger partial charge in [-0.15, -0.1) is 0 Å². The summed E-state index contributed by atoms with van der Waals surface area (Å²) in [4.78, 5) is 14.1. The number of rotatable bonds is 2. The van der Waals surface area contributed by atoms with Crippen molar-refractivity contribution in [2.24, 2.45) is 0 Å². The maximum Gasteiger partial charge on any atom is 0.142 e. The zero-order valence-electron chi connectivity index (χ0n) is 6.92. The minimum atomic E-state index is 0.308. The molecule has 13 heavy (non-hydrogen) atoms. The molecule has 1 aromatic rings. The highest BCUT2D eigenvalue weighted by Gasteiger charge is 2.04. The van der Waals surface area contributed by atoms with Crippen LogP contribution in [0.25, 0.3) is 6.08 Å². The van der Waals surface area contributed by atoms with Gasteiger partial charge in [-0.2, -0.15) is 0 Å². The maximum absolute atomic E-state index is 10.1. The summed E-state index contributed by atoms with van der Waals surface area (Å²) < 4.78 is 0. The van der Waals surface area contributed by atoms with E-state index < -0.39 is 0 Å². The molecule has 0 radical (unpaired) electrons. The minimum absolute atomic E-state index is 0.308. The first-order valence-electron chi connectivity index (χ1n) is 3.59. The van der Waals surface area contributed by atoms with E-state index in [1.807, 2.05) is 0 Å². The van der Waals surface area contributed by atoms with Crippen molar-refractivity contribution in [3.8, 4) is 0 Å². The molecule has 68 valence electrons. The second-order valence-electron chi connectivity index (χ2n) is 2.45. The van der Waals surface area contributed by atoms with Gasteiger partial charge in [-0.3, -0.25) is 4.79 Å². The lowest BCUT2D eigenvalue weighted by molar-refractivity contribution is -0.104. The summed E-state index contributed by atoms with van der Waals surface area (Å²) in [5.74, 6) is 0. The van der Waals surface area contributed by atoms with E-state index in [-0.39, 0.29) is 0 Å². The molecule has 0 amide bonds. The first-order valence-corrected chi connectivity index (χ1v) is 4.35. The van der Waals surface area contributed by atoms with Crippen LogP contribution in [0, 0.1) is 6.92 Å². The van der Waals surface area contributed by atoms with Crippen molar-refractivity contribution in [2.45, 2.75) is 6.92 Å². The Hall–Kier alpha value is -0.860. The molecule has 0 bridgehead atoms. The third-order valence-electron chi connectivity index (χ3n) is 1.43. The van der Waals surface area contributed by atoms with E-state index >= 15 is 0 Å². The van der Waals surface area contributed by atoms with Crippen LogP contribution in [0.15, 0.2) is 12.1 Å². The molecule has 1 aromatic heterocycles. The number of hydrogen-bond donors (Lipinski definition) is 0. The molecule has 0 aliphatic heterocycles. The quantitative estimate of drug-likeness (QED) is 0.432. The average Bonchev–Trinajstić information content (AvgIpc) is 2.02. The highest BCUT2D eigenvalue weighted by Crippen LogP contribution is 2.24. The van der Waals surface area contributed by atoms with Gasteiger partial charge in [0.15, 0.2) is 0 Å². The van der Waals surface area contributed by atoms with Gasteiger partial charge in [0.05, 0.1) is 5.02 Å². The van der Waals surface area contributed by atoms with Crippen LogP contribution in [0.1, 0.15) is 11.3 Å². The standard InChI is InChI=1S/C9H7Cl2NO/c1-6-5-8(10)7(3-2-4-13)9(11)12-6/h2-5H,1H3/b3-2+. The van der Waals surface area contributed by atoms with Crippen LogP contribution < -0.4 is 0 Å². The fourth-order valence-electron chi connectivity index (χ4n) is 0.891. The summed E-state index contributed by atoms with van der Waals surface area (Å²) in [6, 6.07) is 1.69. The summed E-state index contributed by atoms with van der Waals surface area (Å²) in [7, 11) is 0. The number of carbonyl (C=O) groups excluding carboxylic acids is 1. The van der Waals surface area contributed by atoms with Crippen LogP contribution in [-0.2, 0) is 4.79 Å². The number of halogens is 2. The molecule has 0 atom stereocenters. The van der Waals surface area contributed by atoms with Gasteiger partial charge < -0.3 is 0 Å². The lowest BCUT2D eigenvalue weighted by atomic mass is 10.2. The van der Waals surface area contributed by atoms with Crippen molar-refractivity contribution < 1.29 is 4.79 Å². The van der Waals surface area contributed by atoms with Crippen molar-refractivity contribution in [2.75, 3.05) is 0 Å². The molecule has 0 aliphatic rings. The van der Waals surface area contributed by atoms with Crippen molar-refractivity contribution in [3.05, 3.63) is 33.6 Å². The highest BCUT2D eigenvalue weighted by atomic mass is 35.5. The van der Waals surface area contributed by atoms with E-state index in [1.54, 1.807) is 13.0 Å². The first-order chi connectivity index (χ1) is 6.15. The fraction of sp³-hybridized carbons (Fsp3) is 0.111. The zero-order chi connectivity index (χ0) is 9.84. The SMILES string of the molecule is Cc1cc(Cl)c(/C=C/C=O)c(Cl)n1. The monoisotopic (exact) mass is 215 g/mol. The van der Waals surface area contributed by atoms with Gasteiger partial charge in [-0.1, -0.05) is 23.2 Å². The molecular weight excluding hydrogens is 209 g/mol. The average molecular weight is 216 g/mol. The summed E-state index contributed by atoms with van der Waals surface area (Å²) in [5.41, 5.74) is 1.32. The predicted molar refractivity (Wildman–Crippen MR) is 54.1 cm³/mol. The number of nitrogens with zero attached hydrogens (tertiary/aromatic N) is 1. The normalized spacial score (nSPS) is 10.7. The molecule has 0 saturated heterocycles. The Morgan fingerprint density at radius 1 is 1.46 bits per heavy atom. The minimum Gasteiger partial charge on any atom is -0.299 e. The number of aryl methyl sites for hydroxylation is 1. The van der Waals surface area contributed by atoms with Crippen LogP contribution in [0.3, 0.4) is 0 Å². The molecule has 1 heterocycles. The summed E-state index contributed by atoms with van der Waals surface area (Å²) in [6.45, 7) is 1.80. The van der Waals surface area contributed by atoms with Gasteiger partial charge in [0, 0.05) is 11.3 Å². The Bertz CT molecular complexity index is 338. The van der Waals surface area contributed by atoms with Crippen molar-refractivity contribution in [1.29, 1.82) is 0 Å². The molecule has 1 rings (SSSR count). The number of carbonyl (C=O) groups is 1. The van der Waals surface area contributed by atoms with Crippen molar-refractivity contribution in [1.82, 2.24) is 4.98 Å². The molecule has 4 heteroatoms. The van der Waals surface area contributed by atoms with Crippen LogP contribution in [0.2, 0.25) is 10.2 Å². The van der Waals surface area contributed by atoms with E-state index in [0.717, 1.165) is 5.69 Å².